The van der Waals surface area contributed by atoms with Gasteiger partial charge < -0.3 is 15.2 Å². The molecule has 0 aromatic heterocycles. The SMILES string of the molecule is CCCC(C)OCCCOc1ccccc1C(N)=S. The summed E-state index contributed by atoms with van der Waals surface area (Å²) >= 11 is 4.99. The van der Waals surface area contributed by atoms with Crippen molar-refractivity contribution in [2.75, 3.05) is 13.2 Å². The Hall–Kier alpha value is -1.13. The molecule has 0 bridgehead atoms. The summed E-state index contributed by atoms with van der Waals surface area (Å²) in [6, 6.07) is 7.57. The van der Waals surface area contributed by atoms with Gasteiger partial charge in [0.05, 0.1) is 24.9 Å². The van der Waals surface area contributed by atoms with Gasteiger partial charge in [0.25, 0.3) is 0 Å². The molecule has 0 fully saturated rings. The highest BCUT2D eigenvalue weighted by atomic mass is 32.1. The normalized spacial score (nSPS) is 12.1. The number of nitrogens with two attached hydrogens (primary N) is 1. The van der Waals surface area contributed by atoms with E-state index in [1.165, 1.54) is 0 Å². The van der Waals surface area contributed by atoms with Crippen molar-refractivity contribution >= 4 is 17.2 Å². The standard InChI is InChI=1S/C15H23NO2S/c1-3-7-12(2)17-10-6-11-18-14-9-5-4-8-13(14)15(16)19/h4-5,8-9,12H,3,6-7,10-11H2,1-2H3,(H2,16,19). The Morgan fingerprint density at radius 2 is 2.05 bits per heavy atom. The lowest BCUT2D eigenvalue weighted by atomic mass is 10.2. The first-order chi connectivity index (χ1) is 9.15. The second kappa shape index (κ2) is 8.88. The fourth-order valence-electron chi connectivity index (χ4n) is 1.81. The van der Waals surface area contributed by atoms with Gasteiger partial charge in [-0.3, -0.25) is 0 Å². The van der Waals surface area contributed by atoms with Crippen molar-refractivity contribution in [3.63, 3.8) is 0 Å². The quantitative estimate of drug-likeness (QED) is 0.557. The number of thiocarbonyl (C=S) groups is 1. The molecule has 2 N–H and O–H groups in total. The molecule has 1 rings (SSSR count). The number of hydrogen-bond donors (Lipinski definition) is 1. The van der Waals surface area contributed by atoms with E-state index < -0.39 is 0 Å². The first-order valence-electron chi connectivity index (χ1n) is 6.78. The summed E-state index contributed by atoms with van der Waals surface area (Å²) in [4.78, 5) is 0.364. The van der Waals surface area contributed by atoms with Gasteiger partial charge in [-0.25, -0.2) is 0 Å². The molecule has 106 valence electrons. The molecule has 0 radical (unpaired) electrons. The van der Waals surface area contributed by atoms with Crippen molar-refractivity contribution in [1.82, 2.24) is 0 Å². The lowest BCUT2D eigenvalue weighted by Crippen LogP contribution is -2.13. The molecule has 4 heteroatoms. The Kier molecular flexibility index (Phi) is 7.45. The van der Waals surface area contributed by atoms with Gasteiger partial charge in [0.2, 0.25) is 0 Å². The average molecular weight is 281 g/mol. The Labute approximate surface area is 121 Å². The maximum atomic E-state index is 5.69. The van der Waals surface area contributed by atoms with Crippen molar-refractivity contribution in [3.05, 3.63) is 29.8 Å². The Bertz CT molecular complexity index is 395. The van der Waals surface area contributed by atoms with Crippen LogP contribution < -0.4 is 10.5 Å². The van der Waals surface area contributed by atoms with Gasteiger partial charge in [0.1, 0.15) is 10.7 Å². The molecule has 1 atom stereocenters. The van der Waals surface area contributed by atoms with E-state index in [9.17, 15) is 0 Å². The molecule has 0 saturated heterocycles. The summed E-state index contributed by atoms with van der Waals surface area (Å²) in [5, 5.41) is 0. The number of hydrogen-bond acceptors (Lipinski definition) is 3. The van der Waals surface area contributed by atoms with Crippen molar-refractivity contribution in [2.45, 2.75) is 39.2 Å². The average Bonchev–Trinajstić information content (AvgIpc) is 2.39. The molecule has 19 heavy (non-hydrogen) atoms. The molecule has 1 aromatic rings. The molecule has 0 aliphatic heterocycles. The van der Waals surface area contributed by atoms with Crippen LogP contribution in [0.5, 0.6) is 5.75 Å². The van der Waals surface area contributed by atoms with E-state index in [2.05, 4.69) is 13.8 Å². The molecule has 1 unspecified atom stereocenters. The maximum absolute atomic E-state index is 5.69. The Morgan fingerprint density at radius 3 is 2.74 bits per heavy atom. The van der Waals surface area contributed by atoms with Gasteiger partial charge in [-0.15, -0.1) is 0 Å². The van der Waals surface area contributed by atoms with Gasteiger partial charge in [0.15, 0.2) is 0 Å². The second-order valence-electron chi connectivity index (χ2n) is 4.53. The van der Waals surface area contributed by atoms with Crippen molar-refractivity contribution in [1.29, 1.82) is 0 Å². The van der Waals surface area contributed by atoms with Crippen LogP contribution in [-0.4, -0.2) is 24.3 Å². The van der Waals surface area contributed by atoms with Crippen LogP contribution in [0.2, 0.25) is 0 Å². The van der Waals surface area contributed by atoms with Gasteiger partial charge in [-0.1, -0.05) is 37.7 Å². The van der Waals surface area contributed by atoms with Gasteiger partial charge in [-0.2, -0.15) is 0 Å². The van der Waals surface area contributed by atoms with E-state index in [1.807, 2.05) is 24.3 Å². The van der Waals surface area contributed by atoms with Crippen molar-refractivity contribution in [3.8, 4) is 5.75 Å². The third-order valence-electron chi connectivity index (χ3n) is 2.80. The van der Waals surface area contributed by atoms with Crippen LogP contribution in [0, 0.1) is 0 Å². The van der Waals surface area contributed by atoms with E-state index in [4.69, 9.17) is 27.4 Å². The van der Waals surface area contributed by atoms with Gasteiger partial charge >= 0.3 is 0 Å². The summed E-state index contributed by atoms with van der Waals surface area (Å²) < 4.78 is 11.4. The monoisotopic (exact) mass is 281 g/mol. The zero-order valence-electron chi connectivity index (χ0n) is 11.7. The minimum Gasteiger partial charge on any atom is -0.493 e. The molecule has 0 aliphatic carbocycles. The van der Waals surface area contributed by atoms with Crippen LogP contribution in [-0.2, 0) is 4.74 Å². The summed E-state index contributed by atoms with van der Waals surface area (Å²) in [5.74, 6) is 0.747. The van der Waals surface area contributed by atoms with Crippen molar-refractivity contribution < 1.29 is 9.47 Å². The summed E-state index contributed by atoms with van der Waals surface area (Å²) in [5.41, 5.74) is 6.43. The van der Waals surface area contributed by atoms with E-state index in [0.29, 0.717) is 17.7 Å². The van der Waals surface area contributed by atoms with Crippen LogP contribution in [0.3, 0.4) is 0 Å². The maximum Gasteiger partial charge on any atom is 0.129 e. The third-order valence-corrected chi connectivity index (χ3v) is 3.02. The van der Waals surface area contributed by atoms with Gasteiger partial charge in [0, 0.05) is 6.42 Å². The highest BCUT2D eigenvalue weighted by Crippen LogP contribution is 2.17. The molecular weight excluding hydrogens is 258 g/mol. The van der Waals surface area contributed by atoms with Crippen LogP contribution >= 0.6 is 12.2 Å². The molecule has 0 heterocycles. The van der Waals surface area contributed by atoms with Crippen molar-refractivity contribution in [2.24, 2.45) is 5.73 Å². The fourth-order valence-corrected chi connectivity index (χ4v) is 1.98. The molecular formula is C15H23NO2S. The second-order valence-corrected chi connectivity index (χ2v) is 4.97. The highest BCUT2D eigenvalue weighted by molar-refractivity contribution is 7.80. The van der Waals surface area contributed by atoms with Crippen LogP contribution in [0.15, 0.2) is 24.3 Å². The van der Waals surface area contributed by atoms with Crippen LogP contribution in [0.1, 0.15) is 38.7 Å². The number of rotatable bonds is 9. The number of ether oxygens (including phenoxy) is 2. The molecule has 0 saturated carbocycles. The molecule has 0 aliphatic rings. The topological polar surface area (TPSA) is 44.5 Å². The van der Waals surface area contributed by atoms with Gasteiger partial charge in [-0.05, 0) is 25.5 Å². The molecule has 0 amide bonds. The predicted molar refractivity (Wildman–Crippen MR) is 82.8 cm³/mol. The number of benzene rings is 1. The number of para-hydroxylation sites is 1. The van der Waals surface area contributed by atoms with E-state index >= 15 is 0 Å². The zero-order valence-corrected chi connectivity index (χ0v) is 12.5. The first kappa shape index (κ1) is 15.9. The third kappa shape index (κ3) is 6.03. The predicted octanol–water partition coefficient (Wildman–Crippen LogP) is 3.29. The molecule has 0 spiro atoms. The zero-order chi connectivity index (χ0) is 14.1. The smallest absolute Gasteiger partial charge is 0.129 e. The lowest BCUT2D eigenvalue weighted by molar-refractivity contribution is 0.0519. The van der Waals surface area contributed by atoms with E-state index in [-0.39, 0.29) is 0 Å². The lowest BCUT2D eigenvalue weighted by Gasteiger charge is -2.13. The first-order valence-corrected chi connectivity index (χ1v) is 7.19. The minimum absolute atomic E-state index is 0.328. The van der Waals surface area contributed by atoms with Crippen LogP contribution in [0.25, 0.3) is 0 Å². The summed E-state index contributed by atoms with van der Waals surface area (Å²) in [6.45, 7) is 5.59. The van der Waals surface area contributed by atoms with E-state index in [1.54, 1.807) is 0 Å². The van der Waals surface area contributed by atoms with Crippen LogP contribution in [0.4, 0.5) is 0 Å². The summed E-state index contributed by atoms with van der Waals surface area (Å²) in [6.07, 6.45) is 3.44. The Morgan fingerprint density at radius 1 is 1.32 bits per heavy atom. The Balaban J connectivity index is 2.28. The highest BCUT2D eigenvalue weighted by Gasteiger charge is 2.05. The fraction of sp³-hybridized carbons (Fsp3) is 0.533. The van der Waals surface area contributed by atoms with E-state index in [0.717, 1.165) is 37.2 Å². The summed E-state index contributed by atoms with van der Waals surface area (Å²) in [7, 11) is 0. The molecule has 1 aromatic carbocycles. The largest absolute Gasteiger partial charge is 0.493 e. The minimum atomic E-state index is 0.328. The molecule has 3 nitrogen and oxygen atoms in total.